The Bertz CT molecular complexity index is 1410. The number of aliphatic hydroxyl groups is 1. The number of amides is 2. The minimum Gasteiger partial charge on any atom is -0.369 e. The molecule has 2 amide bonds. The maximum absolute atomic E-state index is 13.9. The highest BCUT2D eigenvalue weighted by Crippen LogP contribution is 2.42. The third kappa shape index (κ3) is 7.34. The van der Waals surface area contributed by atoms with Crippen LogP contribution < -0.4 is 10.6 Å². The number of halogens is 5. The second-order valence-corrected chi connectivity index (χ2v) is 10.7. The van der Waals surface area contributed by atoms with Crippen LogP contribution in [0.3, 0.4) is 0 Å². The molecule has 0 radical (unpaired) electrons. The van der Waals surface area contributed by atoms with Crippen LogP contribution in [0.2, 0.25) is 0 Å². The zero-order chi connectivity index (χ0) is 29.4. The van der Waals surface area contributed by atoms with E-state index in [1.165, 1.54) is 16.8 Å². The first-order valence-corrected chi connectivity index (χ1v) is 13.4. The van der Waals surface area contributed by atoms with Crippen molar-refractivity contribution in [3.05, 3.63) is 59.3 Å². The molecule has 0 aromatic carbocycles. The number of alkyl halides is 5. The Balaban J connectivity index is 1.36. The Hall–Kier alpha value is -3.68. The minimum atomic E-state index is -4.51. The lowest BCUT2D eigenvalue weighted by Gasteiger charge is -2.33. The van der Waals surface area contributed by atoms with Gasteiger partial charge in [0.2, 0.25) is 11.8 Å². The Kier molecular flexibility index (Phi) is 7.95. The number of nitrogens with one attached hydrogen (secondary N) is 2. The topological polar surface area (TPSA) is 122 Å². The highest BCUT2D eigenvalue weighted by molar-refractivity contribution is 5.92. The van der Waals surface area contributed by atoms with Gasteiger partial charge in [0.05, 0.1) is 30.6 Å². The van der Waals surface area contributed by atoms with Crippen LogP contribution in [0.5, 0.6) is 0 Å². The molecule has 2 atom stereocenters. The zero-order valence-electron chi connectivity index (χ0n) is 21.9. The van der Waals surface area contributed by atoms with Crippen molar-refractivity contribution >= 4 is 17.5 Å². The summed E-state index contributed by atoms with van der Waals surface area (Å²) < 4.78 is 66.4. The summed E-state index contributed by atoms with van der Waals surface area (Å²) in [5.74, 6) is -4.16. The number of hydrogen-bond donors (Lipinski definition) is 3. The average molecular weight is 581 g/mol. The van der Waals surface area contributed by atoms with Crippen molar-refractivity contribution in [2.45, 2.75) is 81.7 Å². The molecule has 9 nitrogen and oxygen atoms in total. The molecule has 2 aliphatic carbocycles. The highest BCUT2D eigenvalue weighted by atomic mass is 19.4. The maximum Gasteiger partial charge on any atom is 0.389 e. The number of fused-ring (bicyclic) bond motifs is 1. The summed E-state index contributed by atoms with van der Waals surface area (Å²) in [7, 11) is 0. The predicted octanol–water partition coefficient (Wildman–Crippen LogP) is 4.75. The van der Waals surface area contributed by atoms with Gasteiger partial charge >= 0.3 is 6.18 Å². The third-order valence-corrected chi connectivity index (χ3v) is 7.51. The second-order valence-electron chi connectivity index (χ2n) is 10.7. The third-order valence-electron chi connectivity index (χ3n) is 7.51. The monoisotopic (exact) mass is 580 g/mol. The molecule has 0 unspecified atom stereocenters. The smallest absolute Gasteiger partial charge is 0.369 e. The van der Waals surface area contributed by atoms with Crippen LogP contribution in [-0.2, 0) is 4.79 Å². The zero-order valence-corrected chi connectivity index (χ0v) is 21.9. The number of nitrogens with zero attached hydrogens (tertiary/aromatic N) is 4. The van der Waals surface area contributed by atoms with Crippen molar-refractivity contribution in [2.75, 3.05) is 0 Å². The molecule has 14 heteroatoms. The van der Waals surface area contributed by atoms with Gasteiger partial charge in [0.1, 0.15) is 5.69 Å². The summed E-state index contributed by atoms with van der Waals surface area (Å²) in [6.07, 6.45) is -2.22. The molecule has 5 rings (SSSR count). The molecule has 3 heterocycles. The van der Waals surface area contributed by atoms with Crippen molar-refractivity contribution in [1.29, 1.82) is 0 Å². The molecule has 3 aromatic rings. The van der Waals surface area contributed by atoms with E-state index >= 15 is 0 Å². The quantitative estimate of drug-likeness (QED) is 0.248. The molecule has 0 bridgehead atoms. The molecule has 220 valence electrons. The van der Waals surface area contributed by atoms with Gasteiger partial charge in [0.25, 0.3) is 5.91 Å². The largest absolute Gasteiger partial charge is 0.389 e. The number of carbonyl (C=O) groups is 2. The van der Waals surface area contributed by atoms with Gasteiger partial charge < -0.3 is 15.7 Å². The van der Waals surface area contributed by atoms with E-state index in [2.05, 4.69) is 25.7 Å². The fourth-order valence-corrected chi connectivity index (χ4v) is 5.06. The summed E-state index contributed by atoms with van der Waals surface area (Å²) in [5, 5.41) is 19.5. The van der Waals surface area contributed by atoms with E-state index in [4.69, 9.17) is 0 Å². The van der Waals surface area contributed by atoms with Gasteiger partial charge in [-0.25, -0.2) is 18.3 Å². The molecule has 2 aliphatic rings. The number of hydrogen-bond acceptors (Lipinski definition) is 6. The Morgan fingerprint density at radius 3 is 2.54 bits per heavy atom. The molecule has 0 spiro atoms. The molecule has 2 saturated carbocycles. The van der Waals surface area contributed by atoms with E-state index in [9.17, 15) is 36.6 Å². The number of imidazole rings is 1. The second kappa shape index (κ2) is 11.3. The van der Waals surface area contributed by atoms with Crippen molar-refractivity contribution in [2.24, 2.45) is 5.92 Å². The van der Waals surface area contributed by atoms with Crippen LogP contribution in [0.4, 0.5) is 22.0 Å². The van der Waals surface area contributed by atoms with Crippen molar-refractivity contribution in [1.82, 2.24) is 30.2 Å². The number of aliphatic hydroxyl groups excluding tert-OH is 1. The van der Waals surface area contributed by atoms with Gasteiger partial charge in [-0.05, 0) is 61.3 Å². The van der Waals surface area contributed by atoms with Crippen LogP contribution in [-0.4, -0.2) is 48.6 Å². The van der Waals surface area contributed by atoms with Crippen LogP contribution in [0.25, 0.3) is 5.65 Å². The molecule has 2 fully saturated rings. The molecular formula is C27H29F5N6O3. The SMILES string of the molecule is O=C(CCC(F)(F)F)N[C@H](O)c1cnn2cc([C@@H](NC(=O)c3cc(C4CC4)ccn3)C3CCC(F)(F)CC3)nc2c1. The lowest BCUT2D eigenvalue weighted by Crippen LogP contribution is -2.37. The number of aromatic nitrogens is 4. The van der Waals surface area contributed by atoms with Crippen LogP contribution >= 0.6 is 0 Å². The fourth-order valence-electron chi connectivity index (χ4n) is 5.06. The van der Waals surface area contributed by atoms with Crippen LogP contribution in [0.1, 0.15) is 96.9 Å². The minimum absolute atomic E-state index is 0.0778. The Labute approximate surface area is 231 Å². The number of pyridine rings is 1. The highest BCUT2D eigenvalue weighted by Gasteiger charge is 2.39. The first kappa shape index (κ1) is 28.8. The summed E-state index contributed by atoms with van der Waals surface area (Å²) in [6, 6.07) is 4.26. The predicted molar refractivity (Wildman–Crippen MR) is 135 cm³/mol. The molecule has 0 aliphatic heterocycles. The summed E-state index contributed by atoms with van der Waals surface area (Å²) in [4.78, 5) is 33.8. The van der Waals surface area contributed by atoms with Crippen molar-refractivity contribution in [3.8, 4) is 0 Å². The van der Waals surface area contributed by atoms with E-state index in [-0.39, 0.29) is 48.5 Å². The standard InChI is InChI=1S/C27H29F5N6O3/c28-26(29)7-3-16(4-8-26)23(37-25(41)19-11-17(6-10-33-19)15-1-2-15)20-14-38-21(35-20)12-18(13-34-38)24(40)36-22(39)5-9-27(30,31)32/h6,10-16,23-24,40H,1-5,7-9H2,(H,36,39)(H,37,41)/t23-,24+/m0/s1. The van der Waals surface area contributed by atoms with E-state index in [0.717, 1.165) is 18.4 Å². The van der Waals surface area contributed by atoms with Gasteiger partial charge in [-0.2, -0.15) is 18.3 Å². The van der Waals surface area contributed by atoms with Gasteiger partial charge in [-0.15, -0.1) is 0 Å². The van der Waals surface area contributed by atoms with Gasteiger partial charge in [0.15, 0.2) is 11.9 Å². The summed E-state index contributed by atoms with van der Waals surface area (Å²) in [6.45, 7) is 0. The average Bonchev–Trinajstić information content (AvgIpc) is 3.69. The molecule has 0 saturated heterocycles. The van der Waals surface area contributed by atoms with Crippen molar-refractivity contribution < 1.29 is 36.6 Å². The van der Waals surface area contributed by atoms with Crippen LogP contribution in [0.15, 0.2) is 36.8 Å². The molecule has 3 N–H and O–H groups in total. The number of rotatable bonds is 9. The normalized spacial score (nSPS) is 19.1. The summed E-state index contributed by atoms with van der Waals surface area (Å²) >= 11 is 0. The van der Waals surface area contributed by atoms with E-state index in [1.54, 1.807) is 18.5 Å². The summed E-state index contributed by atoms with van der Waals surface area (Å²) in [5.41, 5.74) is 1.89. The molecular weight excluding hydrogens is 551 g/mol. The van der Waals surface area contributed by atoms with Crippen molar-refractivity contribution in [3.63, 3.8) is 0 Å². The first-order valence-electron chi connectivity index (χ1n) is 13.4. The molecule has 41 heavy (non-hydrogen) atoms. The Morgan fingerprint density at radius 1 is 1.12 bits per heavy atom. The van der Waals surface area contributed by atoms with Gasteiger partial charge in [-0.1, -0.05) is 0 Å². The molecule has 3 aromatic heterocycles. The van der Waals surface area contributed by atoms with E-state index in [0.29, 0.717) is 11.6 Å². The lowest BCUT2D eigenvalue weighted by atomic mass is 9.81. The lowest BCUT2D eigenvalue weighted by molar-refractivity contribution is -0.145. The van der Waals surface area contributed by atoms with E-state index < -0.39 is 49.0 Å². The van der Waals surface area contributed by atoms with Gasteiger partial charge in [0, 0.05) is 31.0 Å². The first-order chi connectivity index (χ1) is 19.4. The fraction of sp³-hybridized carbons (Fsp3) is 0.519. The van der Waals surface area contributed by atoms with E-state index in [1.807, 2.05) is 6.07 Å². The van der Waals surface area contributed by atoms with Gasteiger partial charge in [-0.3, -0.25) is 14.6 Å². The number of carbonyl (C=O) groups excluding carboxylic acids is 2. The maximum atomic E-state index is 13.9. The van der Waals surface area contributed by atoms with Crippen LogP contribution in [0, 0.1) is 5.92 Å². The Morgan fingerprint density at radius 2 is 1.85 bits per heavy atom.